The van der Waals surface area contributed by atoms with E-state index in [0.29, 0.717) is 10.5 Å². The Bertz CT molecular complexity index is 695. The van der Waals surface area contributed by atoms with Crippen LogP contribution >= 0.6 is 11.6 Å². The lowest BCUT2D eigenvalue weighted by molar-refractivity contribution is -0.141. The molecule has 1 aromatic rings. The van der Waals surface area contributed by atoms with Crippen molar-refractivity contribution in [3.8, 4) is 0 Å². The van der Waals surface area contributed by atoms with Crippen molar-refractivity contribution in [1.29, 1.82) is 0 Å². The molecule has 1 atom stereocenters. The van der Waals surface area contributed by atoms with Crippen LogP contribution in [0.2, 0.25) is 5.02 Å². The Hall–Kier alpha value is -2.29. The van der Waals surface area contributed by atoms with Crippen LogP contribution in [0.1, 0.15) is 12.5 Å². The molecule has 24 heavy (non-hydrogen) atoms. The molecule has 1 unspecified atom stereocenters. The zero-order valence-electron chi connectivity index (χ0n) is 12.4. The minimum atomic E-state index is -4.58. The summed E-state index contributed by atoms with van der Waals surface area (Å²) in [5.74, 6) is -1.87. The van der Waals surface area contributed by atoms with Crippen LogP contribution in [0.15, 0.2) is 24.3 Å². The predicted molar refractivity (Wildman–Crippen MR) is 78.1 cm³/mol. The smallest absolute Gasteiger partial charge is 0.345 e. The van der Waals surface area contributed by atoms with E-state index in [9.17, 15) is 27.6 Å². The number of rotatable bonds is 4. The molecule has 0 bridgehead atoms. The average Bonchev–Trinajstić information content (AvgIpc) is 2.69. The van der Waals surface area contributed by atoms with Gasteiger partial charge in [0.1, 0.15) is 18.6 Å². The van der Waals surface area contributed by atoms with Gasteiger partial charge < -0.3 is 10.6 Å². The Morgan fingerprint density at radius 2 is 1.96 bits per heavy atom. The minimum absolute atomic E-state index is 0.233. The summed E-state index contributed by atoms with van der Waals surface area (Å²) < 4.78 is 36.2. The van der Waals surface area contributed by atoms with Gasteiger partial charge in [-0.05, 0) is 13.0 Å². The van der Waals surface area contributed by atoms with Gasteiger partial charge in [0.2, 0.25) is 5.91 Å². The first kappa shape index (κ1) is 18.1. The molecule has 0 spiro atoms. The second-order valence-electron chi connectivity index (χ2n) is 5.32. The molecule has 0 saturated carbocycles. The van der Waals surface area contributed by atoms with Gasteiger partial charge in [-0.3, -0.25) is 14.5 Å². The summed E-state index contributed by atoms with van der Waals surface area (Å²) >= 11 is 6.03. The summed E-state index contributed by atoms with van der Waals surface area (Å²) in [5.41, 5.74) is -1.18. The molecule has 2 N–H and O–H groups in total. The lowest BCUT2D eigenvalue weighted by atomic mass is 9.92. The quantitative estimate of drug-likeness (QED) is 0.800. The number of imide groups is 1. The summed E-state index contributed by atoms with van der Waals surface area (Å²) in [6.45, 7) is -0.958. The Kier molecular flexibility index (Phi) is 4.75. The van der Waals surface area contributed by atoms with Crippen LogP contribution in [-0.2, 0) is 15.1 Å². The third-order valence-corrected chi connectivity index (χ3v) is 3.80. The third-order valence-electron chi connectivity index (χ3n) is 3.48. The van der Waals surface area contributed by atoms with Crippen molar-refractivity contribution in [2.75, 3.05) is 13.1 Å². The summed E-state index contributed by atoms with van der Waals surface area (Å²) in [6, 6.07) is 5.43. The molecule has 2 rings (SSSR count). The third kappa shape index (κ3) is 3.61. The van der Waals surface area contributed by atoms with E-state index in [1.807, 2.05) is 0 Å². The van der Waals surface area contributed by atoms with Crippen LogP contribution in [0, 0.1) is 0 Å². The fraction of sp³-hybridized carbons (Fsp3) is 0.357. The summed E-state index contributed by atoms with van der Waals surface area (Å²) in [5, 5.41) is 4.25. The Labute approximate surface area is 139 Å². The molecule has 1 saturated heterocycles. The first-order valence-corrected chi connectivity index (χ1v) is 7.15. The maximum atomic E-state index is 12.5. The van der Waals surface area contributed by atoms with Gasteiger partial charge in [-0.25, -0.2) is 4.79 Å². The Balaban J connectivity index is 2.15. The van der Waals surface area contributed by atoms with Crippen LogP contribution in [0.25, 0.3) is 0 Å². The van der Waals surface area contributed by atoms with Crippen molar-refractivity contribution in [2.45, 2.75) is 18.6 Å². The second kappa shape index (κ2) is 6.31. The van der Waals surface area contributed by atoms with Crippen molar-refractivity contribution in [1.82, 2.24) is 15.5 Å². The van der Waals surface area contributed by atoms with E-state index in [4.69, 9.17) is 11.6 Å². The zero-order valence-corrected chi connectivity index (χ0v) is 13.2. The first-order valence-electron chi connectivity index (χ1n) is 6.77. The number of urea groups is 1. The van der Waals surface area contributed by atoms with Crippen LogP contribution in [0.3, 0.4) is 0 Å². The first-order chi connectivity index (χ1) is 11.0. The highest BCUT2D eigenvalue weighted by Gasteiger charge is 2.50. The highest BCUT2D eigenvalue weighted by atomic mass is 35.5. The van der Waals surface area contributed by atoms with Gasteiger partial charge in [0, 0.05) is 10.6 Å². The van der Waals surface area contributed by atoms with Gasteiger partial charge in [-0.1, -0.05) is 29.8 Å². The number of alkyl halides is 3. The molecule has 0 radical (unpaired) electrons. The maximum Gasteiger partial charge on any atom is 0.405 e. The Morgan fingerprint density at radius 3 is 2.54 bits per heavy atom. The number of nitrogens with one attached hydrogen (secondary N) is 2. The van der Waals surface area contributed by atoms with E-state index >= 15 is 0 Å². The molecule has 0 aromatic heterocycles. The highest BCUT2D eigenvalue weighted by molar-refractivity contribution is 6.32. The number of hydrogen-bond acceptors (Lipinski definition) is 3. The number of carbonyl (C=O) groups excluding carboxylic acids is 3. The van der Waals surface area contributed by atoms with Crippen LogP contribution in [0.4, 0.5) is 18.0 Å². The van der Waals surface area contributed by atoms with Gasteiger partial charge in [-0.15, -0.1) is 0 Å². The number of halogens is 4. The average molecular weight is 364 g/mol. The summed E-state index contributed by atoms with van der Waals surface area (Å²) in [6.07, 6.45) is -4.58. The fourth-order valence-electron chi connectivity index (χ4n) is 2.29. The van der Waals surface area contributed by atoms with Gasteiger partial charge in [0.15, 0.2) is 0 Å². The molecule has 1 aromatic carbocycles. The molecule has 4 amide bonds. The number of benzene rings is 1. The maximum absolute atomic E-state index is 12.5. The summed E-state index contributed by atoms with van der Waals surface area (Å²) in [4.78, 5) is 36.6. The van der Waals surface area contributed by atoms with Crippen LogP contribution in [0.5, 0.6) is 0 Å². The van der Waals surface area contributed by atoms with Gasteiger partial charge in [-0.2, -0.15) is 13.2 Å². The van der Waals surface area contributed by atoms with Crippen molar-refractivity contribution in [3.05, 3.63) is 34.9 Å². The van der Waals surface area contributed by atoms with Crippen LogP contribution in [-0.4, -0.2) is 42.0 Å². The number of amides is 4. The molecule has 130 valence electrons. The fourth-order valence-corrected chi connectivity index (χ4v) is 2.61. The minimum Gasteiger partial charge on any atom is -0.345 e. The van der Waals surface area contributed by atoms with Crippen molar-refractivity contribution in [2.24, 2.45) is 0 Å². The van der Waals surface area contributed by atoms with E-state index in [1.165, 1.54) is 19.1 Å². The molecule has 0 aliphatic carbocycles. The van der Waals surface area contributed by atoms with E-state index in [-0.39, 0.29) is 5.02 Å². The largest absolute Gasteiger partial charge is 0.405 e. The number of nitrogens with zero attached hydrogens (tertiary/aromatic N) is 1. The SMILES string of the molecule is CC1(c2ccccc2Cl)NC(=O)N(CC(=O)NCC(F)(F)F)C1=O. The molecule has 1 aliphatic rings. The zero-order chi connectivity index (χ0) is 18.1. The van der Waals surface area contributed by atoms with Gasteiger partial charge in [0.05, 0.1) is 0 Å². The lowest BCUT2D eigenvalue weighted by Gasteiger charge is -2.23. The van der Waals surface area contributed by atoms with Crippen molar-refractivity contribution >= 4 is 29.4 Å². The summed E-state index contributed by atoms with van der Waals surface area (Å²) in [7, 11) is 0. The van der Waals surface area contributed by atoms with E-state index in [2.05, 4.69) is 5.32 Å². The van der Waals surface area contributed by atoms with Crippen molar-refractivity contribution in [3.63, 3.8) is 0 Å². The van der Waals surface area contributed by atoms with E-state index in [0.717, 1.165) is 0 Å². The molecule has 10 heteroatoms. The number of carbonyl (C=O) groups is 3. The van der Waals surface area contributed by atoms with Crippen LogP contribution < -0.4 is 10.6 Å². The van der Waals surface area contributed by atoms with E-state index in [1.54, 1.807) is 17.4 Å². The topological polar surface area (TPSA) is 78.5 Å². The van der Waals surface area contributed by atoms with Gasteiger partial charge >= 0.3 is 12.2 Å². The molecule has 6 nitrogen and oxygen atoms in total. The van der Waals surface area contributed by atoms with Gasteiger partial charge in [0.25, 0.3) is 5.91 Å². The molecular weight excluding hydrogens is 351 g/mol. The predicted octanol–water partition coefficient (Wildman–Crippen LogP) is 1.79. The van der Waals surface area contributed by atoms with E-state index < -0.39 is 42.7 Å². The monoisotopic (exact) mass is 363 g/mol. The number of hydrogen-bond donors (Lipinski definition) is 2. The second-order valence-corrected chi connectivity index (χ2v) is 5.73. The lowest BCUT2D eigenvalue weighted by Crippen LogP contribution is -2.44. The van der Waals surface area contributed by atoms with Crippen molar-refractivity contribution < 1.29 is 27.6 Å². The molecule has 1 heterocycles. The molecule has 1 fully saturated rings. The molecular formula is C14H13ClF3N3O3. The normalized spacial score (nSPS) is 21.0. The Morgan fingerprint density at radius 1 is 1.33 bits per heavy atom. The molecule has 1 aliphatic heterocycles. The standard InChI is InChI=1S/C14H13ClF3N3O3/c1-13(8-4-2-3-5-9(8)15)11(23)21(12(24)20-13)6-10(22)19-7-14(16,17)18/h2-5H,6-7H2,1H3,(H,19,22)(H,20,24). The highest BCUT2D eigenvalue weighted by Crippen LogP contribution is 2.33.